The zero-order valence-corrected chi connectivity index (χ0v) is 11.4. The summed E-state index contributed by atoms with van der Waals surface area (Å²) in [7, 11) is -0.626. The molecule has 16 heavy (non-hydrogen) atoms. The topological polar surface area (TPSA) is 20.2 Å². The molecule has 0 amide bonds. The van der Waals surface area contributed by atoms with Crippen molar-refractivity contribution in [3.8, 4) is 0 Å². The van der Waals surface area contributed by atoms with Crippen molar-refractivity contribution < 1.29 is 4.89 Å². The summed E-state index contributed by atoms with van der Waals surface area (Å²) < 4.78 is 0. The summed E-state index contributed by atoms with van der Waals surface area (Å²) in [5.41, 5.74) is 0. The molecular weight excluding hydrogens is 215 g/mol. The minimum absolute atomic E-state index is 0.626. The molecule has 0 spiro atoms. The Morgan fingerprint density at radius 2 is 1.06 bits per heavy atom. The second-order valence-corrected chi connectivity index (χ2v) is 7.62. The van der Waals surface area contributed by atoms with E-state index < -0.39 is 8.15 Å². The molecule has 2 aliphatic carbocycles. The average Bonchev–Trinajstić information content (AvgIpc) is 2.31. The van der Waals surface area contributed by atoms with E-state index in [-0.39, 0.29) is 0 Å². The molecule has 1 nitrogen and oxygen atoms in total. The van der Waals surface area contributed by atoms with E-state index in [1.807, 2.05) is 0 Å². The first-order chi connectivity index (χ1) is 7.84. The van der Waals surface area contributed by atoms with Crippen LogP contribution in [-0.2, 0) is 0 Å². The molecule has 0 saturated heterocycles. The van der Waals surface area contributed by atoms with Gasteiger partial charge in [-0.1, -0.05) is 64.2 Å². The van der Waals surface area contributed by atoms with Gasteiger partial charge in [0, 0.05) is 8.15 Å². The highest BCUT2D eigenvalue weighted by Crippen LogP contribution is 2.42. The maximum Gasteiger partial charge on any atom is 0.0256 e. The molecule has 2 aliphatic rings. The van der Waals surface area contributed by atoms with E-state index in [0.717, 1.165) is 24.2 Å². The van der Waals surface area contributed by atoms with Gasteiger partial charge in [0.1, 0.15) is 0 Å². The molecule has 0 atom stereocenters. The fourth-order valence-electron chi connectivity index (χ4n) is 3.41. The monoisotopic (exact) mass is 242 g/mol. The molecular formula is C14H27OP. The van der Waals surface area contributed by atoms with Gasteiger partial charge in [0.25, 0.3) is 0 Å². The normalized spacial score (nSPS) is 25.1. The smallest absolute Gasteiger partial charge is 0.0256 e. The molecule has 0 radical (unpaired) electrons. The lowest BCUT2D eigenvalue weighted by atomic mass is 9.91. The average molecular weight is 242 g/mol. The van der Waals surface area contributed by atoms with Crippen molar-refractivity contribution in [2.75, 3.05) is 12.3 Å². The van der Waals surface area contributed by atoms with Crippen LogP contribution in [0, 0.1) is 11.8 Å². The quantitative estimate of drug-likeness (QED) is 0.718. The molecule has 1 N–H and O–H groups in total. The van der Waals surface area contributed by atoms with E-state index in [1.54, 1.807) is 0 Å². The Bertz CT molecular complexity index is 163. The van der Waals surface area contributed by atoms with Crippen LogP contribution in [0.1, 0.15) is 64.2 Å². The van der Waals surface area contributed by atoms with Crippen molar-refractivity contribution in [2.45, 2.75) is 64.2 Å². The van der Waals surface area contributed by atoms with Gasteiger partial charge >= 0.3 is 0 Å². The van der Waals surface area contributed by atoms with Gasteiger partial charge in [0.15, 0.2) is 0 Å². The minimum Gasteiger partial charge on any atom is -0.374 e. The highest BCUT2D eigenvalue weighted by atomic mass is 31.1. The van der Waals surface area contributed by atoms with E-state index in [9.17, 15) is 4.89 Å². The lowest BCUT2D eigenvalue weighted by molar-refractivity contribution is 0.371. The lowest BCUT2D eigenvalue weighted by Gasteiger charge is -2.27. The van der Waals surface area contributed by atoms with Crippen molar-refractivity contribution in [3.63, 3.8) is 0 Å². The van der Waals surface area contributed by atoms with E-state index in [1.165, 1.54) is 64.2 Å². The van der Waals surface area contributed by atoms with Gasteiger partial charge in [-0.3, -0.25) is 0 Å². The van der Waals surface area contributed by atoms with Crippen molar-refractivity contribution in [3.05, 3.63) is 0 Å². The molecule has 2 fully saturated rings. The fourth-order valence-corrected chi connectivity index (χ4v) is 5.48. The first kappa shape index (κ1) is 12.8. The molecule has 0 aromatic carbocycles. The Labute approximate surface area is 102 Å². The first-order valence-electron chi connectivity index (χ1n) is 7.28. The van der Waals surface area contributed by atoms with E-state index >= 15 is 0 Å². The van der Waals surface area contributed by atoms with Gasteiger partial charge in [-0.2, -0.15) is 0 Å². The SMILES string of the molecule is OP(CC1CCCCC1)CC1CCCCC1. The molecule has 2 heteroatoms. The van der Waals surface area contributed by atoms with Gasteiger partial charge in [-0.25, -0.2) is 0 Å². The maximum atomic E-state index is 10.2. The van der Waals surface area contributed by atoms with Crippen LogP contribution in [0.3, 0.4) is 0 Å². The van der Waals surface area contributed by atoms with Gasteiger partial charge in [0.05, 0.1) is 0 Å². The summed E-state index contributed by atoms with van der Waals surface area (Å²) in [4.78, 5) is 10.2. The van der Waals surface area contributed by atoms with Crippen LogP contribution >= 0.6 is 8.15 Å². The zero-order valence-electron chi connectivity index (χ0n) is 10.5. The molecule has 0 heterocycles. The van der Waals surface area contributed by atoms with Gasteiger partial charge < -0.3 is 4.89 Å². The Balaban J connectivity index is 1.64. The predicted octanol–water partition coefficient (Wildman–Crippen LogP) is 4.54. The highest BCUT2D eigenvalue weighted by molar-refractivity contribution is 7.51. The summed E-state index contributed by atoms with van der Waals surface area (Å²) in [6.45, 7) is 0. The third-order valence-electron chi connectivity index (χ3n) is 4.39. The van der Waals surface area contributed by atoms with Crippen molar-refractivity contribution in [1.82, 2.24) is 0 Å². The molecule has 0 unspecified atom stereocenters. The third kappa shape index (κ3) is 4.34. The summed E-state index contributed by atoms with van der Waals surface area (Å²) in [5.74, 6) is 1.74. The Hall–Kier alpha value is 0.390. The summed E-state index contributed by atoms with van der Waals surface area (Å²) in [5, 5.41) is 0. The third-order valence-corrected chi connectivity index (χ3v) is 6.26. The van der Waals surface area contributed by atoms with Crippen LogP contribution in [0.2, 0.25) is 0 Å². The number of hydrogen-bond donors (Lipinski definition) is 1. The molecule has 0 aliphatic heterocycles. The number of rotatable bonds is 4. The molecule has 0 aromatic rings. The zero-order chi connectivity index (χ0) is 11.2. The van der Waals surface area contributed by atoms with Gasteiger partial charge in [-0.15, -0.1) is 0 Å². The lowest BCUT2D eigenvalue weighted by Crippen LogP contribution is -2.14. The van der Waals surface area contributed by atoms with Gasteiger partial charge in [-0.05, 0) is 24.2 Å². The molecule has 2 saturated carbocycles. The predicted molar refractivity (Wildman–Crippen MR) is 72.0 cm³/mol. The molecule has 0 aromatic heterocycles. The summed E-state index contributed by atoms with van der Waals surface area (Å²) >= 11 is 0. The van der Waals surface area contributed by atoms with Crippen LogP contribution in [0.25, 0.3) is 0 Å². The van der Waals surface area contributed by atoms with Crippen molar-refractivity contribution >= 4 is 8.15 Å². The van der Waals surface area contributed by atoms with Gasteiger partial charge in [0.2, 0.25) is 0 Å². The molecule has 2 rings (SSSR count). The van der Waals surface area contributed by atoms with Crippen molar-refractivity contribution in [1.29, 1.82) is 0 Å². The van der Waals surface area contributed by atoms with E-state index in [4.69, 9.17) is 0 Å². The summed E-state index contributed by atoms with van der Waals surface area (Å²) in [6.07, 6.45) is 16.4. The Morgan fingerprint density at radius 3 is 1.44 bits per heavy atom. The minimum atomic E-state index is -0.626. The summed E-state index contributed by atoms with van der Waals surface area (Å²) in [6, 6.07) is 0. The van der Waals surface area contributed by atoms with Crippen LogP contribution in [-0.4, -0.2) is 17.2 Å². The fraction of sp³-hybridized carbons (Fsp3) is 1.00. The second-order valence-electron chi connectivity index (χ2n) is 5.88. The van der Waals surface area contributed by atoms with Crippen LogP contribution < -0.4 is 0 Å². The highest BCUT2D eigenvalue weighted by Gasteiger charge is 2.21. The standard InChI is InChI=1S/C14H27OP/c15-16(11-13-7-3-1-4-8-13)12-14-9-5-2-6-10-14/h13-15H,1-12H2. The second kappa shape index (κ2) is 6.97. The first-order valence-corrected chi connectivity index (χ1v) is 8.95. The van der Waals surface area contributed by atoms with E-state index in [0.29, 0.717) is 0 Å². The van der Waals surface area contributed by atoms with Crippen LogP contribution in [0.4, 0.5) is 0 Å². The Morgan fingerprint density at radius 1 is 0.688 bits per heavy atom. The largest absolute Gasteiger partial charge is 0.374 e. The molecule has 0 bridgehead atoms. The van der Waals surface area contributed by atoms with Crippen molar-refractivity contribution in [2.24, 2.45) is 11.8 Å². The maximum absolute atomic E-state index is 10.2. The van der Waals surface area contributed by atoms with Crippen LogP contribution in [0.15, 0.2) is 0 Å². The Kier molecular flexibility index (Phi) is 5.59. The van der Waals surface area contributed by atoms with Crippen LogP contribution in [0.5, 0.6) is 0 Å². The molecule has 94 valence electrons. The number of hydrogen-bond acceptors (Lipinski definition) is 1. The van der Waals surface area contributed by atoms with E-state index in [2.05, 4.69) is 0 Å².